The fraction of sp³-hybridized carbons (Fsp3) is 0.824. The van der Waals surface area contributed by atoms with Crippen molar-refractivity contribution < 1.29 is 45.3 Å². The zero-order valence-corrected chi connectivity index (χ0v) is 16.0. The number of rotatable bonds is 10. The van der Waals surface area contributed by atoms with Crippen LogP contribution in [0.4, 0.5) is 0 Å². The molecule has 0 unspecified atom stereocenters. The van der Waals surface area contributed by atoms with Crippen molar-refractivity contribution in [2.75, 3.05) is 46.4 Å². The molecule has 0 rings (SSSR count). The van der Waals surface area contributed by atoms with Gasteiger partial charge in [-0.3, -0.25) is 0 Å². The number of aliphatic hydroxyl groups excluding tert-OH is 7. The second kappa shape index (κ2) is 17.3. The number of carbonyl (C=O) groups is 1. The Labute approximate surface area is 155 Å². The third-order valence-corrected chi connectivity index (χ3v) is 4.06. The first-order valence-electron chi connectivity index (χ1n) is 8.26. The van der Waals surface area contributed by atoms with Crippen LogP contribution in [-0.4, -0.2) is 88.1 Å². The monoisotopic (exact) mass is 384 g/mol. The number of ether oxygens (including phenoxy) is 1. The lowest BCUT2D eigenvalue weighted by molar-refractivity contribution is -0.146. The van der Waals surface area contributed by atoms with E-state index in [-0.39, 0.29) is 39.6 Å². The standard InChI is InChI=1S/2C6H14O3.C5H8O3/c2*1-2-6(3-7,4-8)5-9;1-4(2)5(7)8-3-6/h2*7-9H,2-5H2,1H3;6H,1,3H2,2H3. The maximum atomic E-state index is 10.3. The van der Waals surface area contributed by atoms with Crippen LogP contribution in [0.1, 0.15) is 33.6 Å². The fourth-order valence-corrected chi connectivity index (χ4v) is 1.15. The first-order valence-corrected chi connectivity index (χ1v) is 8.26. The first kappa shape index (κ1) is 29.7. The van der Waals surface area contributed by atoms with Gasteiger partial charge in [-0.05, 0) is 19.8 Å². The van der Waals surface area contributed by atoms with Gasteiger partial charge in [0.1, 0.15) is 0 Å². The van der Waals surface area contributed by atoms with Gasteiger partial charge in [-0.15, -0.1) is 0 Å². The molecule has 0 atom stereocenters. The van der Waals surface area contributed by atoms with Crippen LogP contribution in [0.3, 0.4) is 0 Å². The van der Waals surface area contributed by atoms with Crippen molar-refractivity contribution in [3.05, 3.63) is 12.2 Å². The lowest BCUT2D eigenvalue weighted by atomic mass is 9.88. The van der Waals surface area contributed by atoms with E-state index in [0.29, 0.717) is 18.4 Å². The third-order valence-electron chi connectivity index (χ3n) is 4.06. The summed E-state index contributed by atoms with van der Waals surface area (Å²) in [6.45, 7) is 6.93. The van der Waals surface area contributed by atoms with Gasteiger partial charge in [-0.25, -0.2) is 4.79 Å². The van der Waals surface area contributed by atoms with Crippen LogP contribution in [-0.2, 0) is 9.53 Å². The highest BCUT2D eigenvalue weighted by Crippen LogP contribution is 2.18. The van der Waals surface area contributed by atoms with Crippen LogP contribution in [0.5, 0.6) is 0 Å². The topological polar surface area (TPSA) is 168 Å². The van der Waals surface area contributed by atoms with Gasteiger partial charge in [0.2, 0.25) is 0 Å². The number of carbonyl (C=O) groups excluding carboxylic acids is 1. The summed E-state index contributed by atoms with van der Waals surface area (Å²) in [6.07, 6.45) is 1.19. The Balaban J connectivity index is -0.000000306. The summed E-state index contributed by atoms with van der Waals surface area (Å²) in [5.74, 6) is -0.562. The van der Waals surface area contributed by atoms with Gasteiger partial charge in [-0.2, -0.15) is 0 Å². The molecule has 0 aliphatic carbocycles. The summed E-state index contributed by atoms with van der Waals surface area (Å²) in [6, 6.07) is 0. The van der Waals surface area contributed by atoms with E-state index in [0.717, 1.165) is 0 Å². The summed E-state index contributed by atoms with van der Waals surface area (Å²) < 4.78 is 4.12. The zero-order chi connectivity index (χ0) is 21.2. The molecule has 158 valence electrons. The zero-order valence-electron chi connectivity index (χ0n) is 16.0. The average Bonchev–Trinajstić information content (AvgIpc) is 2.67. The highest BCUT2D eigenvalue weighted by molar-refractivity contribution is 5.86. The summed E-state index contributed by atoms with van der Waals surface area (Å²) in [5, 5.41) is 59.9. The van der Waals surface area contributed by atoms with Crippen molar-refractivity contribution in [2.24, 2.45) is 10.8 Å². The molecule has 0 aromatic rings. The largest absolute Gasteiger partial charge is 0.435 e. The van der Waals surface area contributed by atoms with E-state index < -0.39 is 23.6 Å². The summed E-state index contributed by atoms with van der Waals surface area (Å²) in [7, 11) is 0. The van der Waals surface area contributed by atoms with E-state index in [4.69, 9.17) is 35.7 Å². The molecule has 0 aliphatic rings. The Morgan fingerprint density at radius 3 is 1.08 bits per heavy atom. The van der Waals surface area contributed by atoms with Crippen molar-refractivity contribution in [1.82, 2.24) is 0 Å². The van der Waals surface area contributed by atoms with Crippen LogP contribution in [0.25, 0.3) is 0 Å². The molecule has 9 nitrogen and oxygen atoms in total. The molecule has 0 heterocycles. The van der Waals surface area contributed by atoms with E-state index in [1.165, 1.54) is 6.92 Å². The molecule has 7 N–H and O–H groups in total. The molecule has 0 saturated heterocycles. The van der Waals surface area contributed by atoms with Gasteiger partial charge in [0.15, 0.2) is 6.79 Å². The highest BCUT2D eigenvalue weighted by atomic mass is 16.6. The molecule has 0 aromatic heterocycles. The molecule has 0 aromatic carbocycles. The molecule has 0 fully saturated rings. The number of hydrogen-bond acceptors (Lipinski definition) is 9. The molecule has 9 heteroatoms. The second-order valence-corrected chi connectivity index (χ2v) is 6.00. The first-order chi connectivity index (χ1) is 12.2. The third kappa shape index (κ3) is 12.3. The number of aliphatic hydroxyl groups is 7. The maximum Gasteiger partial charge on any atom is 0.335 e. The Morgan fingerprint density at radius 1 is 0.769 bits per heavy atom. The lowest BCUT2D eigenvalue weighted by Crippen LogP contribution is -2.32. The normalized spacial score (nSPS) is 10.8. The highest BCUT2D eigenvalue weighted by Gasteiger charge is 2.25. The van der Waals surface area contributed by atoms with Crippen LogP contribution in [0.2, 0.25) is 0 Å². The molecule has 0 spiro atoms. The fourth-order valence-electron chi connectivity index (χ4n) is 1.15. The Morgan fingerprint density at radius 2 is 1.04 bits per heavy atom. The maximum absolute atomic E-state index is 10.3. The van der Waals surface area contributed by atoms with Gasteiger partial charge in [0.25, 0.3) is 0 Å². The van der Waals surface area contributed by atoms with E-state index in [1.54, 1.807) is 0 Å². The molecule has 26 heavy (non-hydrogen) atoms. The Kier molecular flexibility index (Phi) is 19.8. The number of hydrogen-bond donors (Lipinski definition) is 7. The minimum Gasteiger partial charge on any atom is -0.435 e. The molecule has 0 bridgehead atoms. The van der Waals surface area contributed by atoms with Crippen LogP contribution in [0, 0.1) is 10.8 Å². The molecular weight excluding hydrogens is 348 g/mol. The van der Waals surface area contributed by atoms with Gasteiger partial charge >= 0.3 is 5.97 Å². The predicted octanol–water partition coefficient (Wildman–Crippen LogP) is -1.23. The van der Waals surface area contributed by atoms with Gasteiger partial charge in [0, 0.05) is 16.4 Å². The summed E-state index contributed by atoms with van der Waals surface area (Å²) >= 11 is 0. The molecule has 0 aliphatic heterocycles. The van der Waals surface area contributed by atoms with Crippen molar-refractivity contribution >= 4 is 5.97 Å². The van der Waals surface area contributed by atoms with E-state index in [9.17, 15) is 4.79 Å². The van der Waals surface area contributed by atoms with Crippen LogP contribution < -0.4 is 0 Å². The van der Waals surface area contributed by atoms with Crippen molar-refractivity contribution in [2.45, 2.75) is 33.6 Å². The molecule has 0 radical (unpaired) electrons. The number of esters is 1. The Bertz CT molecular complexity index is 295. The van der Waals surface area contributed by atoms with E-state index in [1.807, 2.05) is 13.8 Å². The molecule has 0 amide bonds. The minimum atomic E-state index is -0.667. The van der Waals surface area contributed by atoms with Gasteiger partial charge < -0.3 is 40.5 Å². The average molecular weight is 384 g/mol. The van der Waals surface area contributed by atoms with Crippen LogP contribution in [0.15, 0.2) is 12.2 Å². The van der Waals surface area contributed by atoms with E-state index >= 15 is 0 Å². The molecule has 0 saturated carbocycles. The van der Waals surface area contributed by atoms with E-state index in [2.05, 4.69) is 11.3 Å². The smallest absolute Gasteiger partial charge is 0.335 e. The minimum absolute atomic E-state index is 0.156. The van der Waals surface area contributed by atoms with Crippen molar-refractivity contribution in [3.63, 3.8) is 0 Å². The summed E-state index contributed by atoms with van der Waals surface area (Å²) in [4.78, 5) is 10.3. The van der Waals surface area contributed by atoms with Crippen LogP contribution >= 0.6 is 0 Å². The summed E-state index contributed by atoms with van der Waals surface area (Å²) in [5.41, 5.74) is -1.04. The Hall–Kier alpha value is -1.07. The predicted molar refractivity (Wildman–Crippen MR) is 96.0 cm³/mol. The SMILES string of the molecule is C=C(C)C(=O)OCO.CCC(CO)(CO)CO.CCC(CO)(CO)CO. The quantitative estimate of drug-likeness (QED) is 0.139. The van der Waals surface area contributed by atoms with Gasteiger partial charge in [-0.1, -0.05) is 20.4 Å². The molecular formula is C17H36O9. The van der Waals surface area contributed by atoms with Crippen molar-refractivity contribution in [1.29, 1.82) is 0 Å². The lowest BCUT2D eigenvalue weighted by Gasteiger charge is -2.24. The van der Waals surface area contributed by atoms with Crippen molar-refractivity contribution in [3.8, 4) is 0 Å². The van der Waals surface area contributed by atoms with Gasteiger partial charge in [0.05, 0.1) is 39.6 Å². The second-order valence-electron chi connectivity index (χ2n) is 6.00.